The van der Waals surface area contributed by atoms with E-state index in [4.69, 9.17) is 0 Å². The van der Waals surface area contributed by atoms with Crippen molar-refractivity contribution < 1.29 is 40.6 Å². The molecule has 0 fully saturated rings. The lowest BCUT2D eigenvalue weighted by Gasteiger charge is -2.18. The Morgan fingerprint density at radius 1 is 1.29 bits per heavy atom. The monoisotopic (exact) mass is 429 g/mol. The second-order valence-corrected chi connectivity index (χ2v) is 4.59. The van der Waals surface area contributed by atoms with Crippen molar-refractivity contribution in [2.45, 2.75) is 19.5 Å². The maximum Gasteiger partial charge on any atom is 0.573 e. The highest BCUT2D eigenvalue weighted by atomic mass is 127. The van der Waals surface area contributed by atoms with Crippen molar-refractivity contribution in [3.05, 3.63) is 21.0 Å². The molecule has 0 aliphatic heterocycles. The van der Waals surface area contributed by atoms with Crippen molar-refractivity contribution in [1.29, 1.82) is 0 Å². The van der Waals surface area contributed by atoms with Gasteiger partial charge in [0.25, 0.3) is 0 Å². The van der Waals surface area contributed by atoms with E-state index in [1.807, 2.05) is 0 Å². The first-order valence-electron chi connectivity index (χ1n) is 5.16. The molecule has 1 aromatic rings. The van der Waals surface area contributed by atoms with E-state index in [9.17, 15) is 31.1 Å². The molecular formula is C10H6F6INO3. The van der Waals surface area contributed by atoms with Crippen LogP contribution >= 0.6 is 22.6 Å². The van der Waals surface area contributed by atoms with Crippen LogP contribution in [0.1, 0.15) is 23.0 Å². The lowest BCUT2D eigenvalue weighted by atomic mass is 10.2. The van der Waals surface area contributed by atoms with Gasteiger partial charge in [0.15, 0.2) is 11.4 Å². The number of alkyl halides is 6. The standard InChI is InChI=1S/C10H6F6INO3/c1-2-20-8(19)6-7(21-10(14,15)16)5(9(11,12)13)4(17)3-18-6/h3H,2H2,1H3. The summed E-state index contributed by atoms with van der Waals surface area (Å²) in [5.41, 5.74) is -2.93. The molecule has 1 heterocycles. The third kappa shape index (κ3) is 4.61. The number of halogens is 7. The third-order valence-corrected chi connectivity index (χ3v) is 2.78. The molecule has 0 unspecified atom stereocenters. The van der Waals surface area contributed by atoms with Crippen molar-refractivity contribution in [1.82, 2.24) is 4.98 Å². The highest BCUT2D eigenvalue weighted by Gasteiger charge is 2.44. The molecule has 1 rings (SSSR count). The molecule has 0 spiro atoms. The number of ether oxygens (including phenoxy) is 2. The fourth-order valence-electron chi connectivity index (χ4n) is 1.30. The van der Waals surface area contributed by atoms with Gasteiger partial charge in [0, 0.05) is 9.77 Å². The molecule has 1 aromatic heterocycles. The second kappa shape index (κ2) is 6.23. The normalized spacial score (nSPS) is 12.2. The molecule has 0 amide bonds. The van der Waals surface area contributed by atoms with Crippen LogP contribution < -0.4 is 4.74 Å². The number of carbonyl (C=O) groups excluding carboxylic acids is 1. The fourth-order valence-corrected chi connectivity index (χ4v) is 1.99. The van der Waals surface area contributed by atoms with Crippen molar-refractivity contribution in [2.75, 3.05) is 6.61 Å². The zero-order chi connectivity index (χ0) is 16.4. The highest BCUT2D eigenvalue weighted by Crippen LogP contribution is 2.42. The number of hydrogen-bond acceptors (Lipinski definition) is 4. The van der Waals surface area contributed by atoms with Gasteiger partial charge in [-0.15, -0.1) is 13.2 Å². The summed E-state index contributed by atoms with van der Waals surface area (Å²) in [7, 11) is 0. The summed E-state index contributed by atoms with van der Waals surface area (Å²) in [6.07, 6.45) is -9.98. The van der Waals surface area contributed by atoms with Gasteiger partial charge >= 0.3 is 18.5 Å². The van der Waals surface area contributed by atoms with Gasteiger partial charge in [-0.05, 0) is 29.5 Å². The van der Waals surface area contributed by atoms with E-state index in [0.29, 0.717) is 6.20 Å². The van der Waals surface area contributed by atoms with Crippen LogP contribution in [0.5, 0.6) is 5.75 Å². The average Bonchev–Trinajstić information content (AvgIpc) is 2.25. The second-order valence-electron chi connectivity index (χ2n) is 3.42. The summed E-state index contributed by atoms with van der Waals surface area (Å²) in [6.45, 7) is 1.08. The summed E-state index contributed by atoms with van der Waals surface area (Å²) >= 11 is 1.14. The SMILES string of the molecule is CCOC(=O)c1ncc(I)c(C(F)(F)F)c1OC(F)(F)F. The minimum absolute atomic E-state index is 0.251. The van der Waals surface area contributed by atoms with E-state index in [1.54, 1.807) is 0 Å². The maximum atomic E-state index is 12.9. The highest BCUT2D eigenvalue weighted by molar-refractivity contribution is 14.1. The van der Waals surface area contributed by atoms with E-state index in [1.165, 1.54) is 6.92 Å². The number of esters is 1. The summed E-state index contributed by atoms with van der Waals surface area (Å²) in [4.78, 5) is 14.7. The van der Waals surface area contributed by atoms with Crippen molar-refractivity contribution >= 4 is 28.6 Å². The van der Waals surface area contributed by atoms with Gasteiger partial charge in [-0.25, -0.2) is 9.78 Å². The number of pyridine rings is 1. The van der Waals surface area contributed by atoms with Crippen LogP contribution in [0.4, 0.5) is 26.3 Å². The fraction of sp³-hybridized carbons (Fsp3) is 0.400. The van der Waals surface area contributed by atoms with E-state index >= 15 is 0 Å². The van der Waals surface area contributed by atoms with Gasteiger partial charge in [-0.1, -0.05) is 0 Å². The first kappa shape index (κ1) is 17.8. The van der Waals surface area contributed by atoms with E-state index < -0.39 is 39.1 Å². The number of aromatic nitrogens is 1. The average molecular weight is 429 g/mol. The zero-order valence-corrected chi connectivity index (χ0v) is 12.3. The lowest BCUT2D eigenvalue weighted by Crippen LogP contribution is -2.24. The Labute approximate surface area is 127 Å². The smallest absolute Gasteiger partial charge is 0.461 e. The predicted molar refractivity (Wildman–Crippen MR) is 64.6 cm³/mol. The van der Waals surface area contributed by atoms with Gasteiger partial charge in [0.2, 0.25) is 0 Å². The number of nitrogens with zero attached hydrogens (tertiary/aromatic N) is 1. The molecule has 21 heavy (non-hydrogen) atoms. The Morgan fingerprint density at radius 3 is 2.29 bits per heavy atom. The summed E-state index contributed by atoms with van der Waals surface area (Å²) in [5, 5.41) is 0. The molecule has 11 heteroatoms. The molecule has 0 saturated heterocycles. The third-order valence-electron chi connectivity index (χ3n) is 1.96. The first-order valence-corrected chi connectivity index (χ1v) is 6.23. The maximum absolute atomic E-state index is 12.9. The van der Waals surface area contributed by atoms with Gasteiger partial charge in [0.05, 0.1) is 6.61 Å². The number of rotatable bonds is 3. The topological polar surface area (TPSA) is 48.4 Å². The Bertz CT molecular complexity index is 543. The zero-order valence-electron chi connectivity index (χ0n) is 10.1. The van der Waals surface area contributed by atoms with Crippen LogP contribution in [0.15, 0.2) is 6.20 Å². The van der Waals surface area contributed by atoms with Crippen LogP contribution in [0.25, 0.3) is 0 Å². The molecule has 0 aliphatic carbocycles. The Balaban J connectivity index is 3.55. The largest absolute Gasteiger partial charge is 0.573 e. The molecule has 0 N–H and O–H groups in total. The number of carbonyl (C=O) groups is 1. The molecule has 118 valence electrons. The van der Waals surface area contributed by atoms with Crippen LogP contribution in [0.2, 0.25) is 0 Å². The molecular weight excluding hydrogens is 423 g/mol. The molecule has 0 radical (unpaired) electrons. The van der Waals surface area contributed by atoms with Crippen molar-refractivity contribution in [2.24, 2.45) is 0 Å². The Kier molecular flexibility index (Phi) is 5.28. The number of hydrogen-bond donors (Lipinski definition) is 0. The van der Waals surface area contributed by atoms with E-state index in [2.05, 4.69) is 14.5 Å². The molecule has 0 bridgehead atoms. The summed E-state index contributed by atoms with van der Waals surface area (Å²) < 4.78 is 82.6. The van der Waals surface area contributed by atoms with Crippen LogP contribution in [-0.4, -0.2) is 23.9 Å². The van der Waals surface area contributed by atoms with Gasteiger partial charge in [-0.2, -0.15) is 13.2 Å². The van der Waals surface area contributed by atoms with Crippen molar-refractivity contribution in [3.63, 3.8) is 0 Å². The lowest BCUT2D eigenvalue weighted by molar-refractivity contribution is -0.276. The van der Waals surface area contributed by atoms with Crippen molar-refractivity contribution in [3.8, 4) is 5.75 Å². The molecule has 0 saturated carbocycles. The van der Waals surface area contributed by atoms with E-state index in [0.717, 1.165) is 22.6 Å². The minimum Gasteiger partial charge on any atom is -0.461 e. The van der Waals surface area contributed by atoms with Crippen LogP contribution in [0.3, 0.4) is 0 Å². The molecule has 0 atom stereocenters. The Hall–Kier alpha value is -1.27. The molecule has 0 aliphatic rings. The van der Waals surface area contributed by atoms with Gasteiger partial charge in [0.1, 0.15) is 5.56 Å². The first-order chi connectivity index (χ1) is 9.47. The van der Waals surface area contributed by atoms with Gasteiger partial charge in [-0.3, -0.25) is 0 Å². The van der Waals surface area contributed by atoms with E-state index in [-0.39, 0.29) is 6.61 Å². The Morgan fingerprint density at radius 2 is 1.86 bits per heavy atom. The molecule has 4 nitrogen and oxygen atoms in total. The van der Waals surface area contributed by atoms with Gasteiger partial charge < -0.3 is 9.47 Å². The van der Waals surface area contributed by atoms with Crippen LogP contribution in [0, 0.1) is 3.57 Å². The minimum atomic E-state index is -5.42. The quantitative estimate of drug-likeness (QED) is 0.417. The van der Waals surface area contributed by atoms with Crippen LogP contribution in [-0.2, 0) is 10.9 Å². The predicted octanol–water partition coefficient (Wildman–Crippen LogP) is 3.78. The summed E-state index contributed by atoms with van der Waals surface area (Å²) in [6, 6.07) is 0. The molecule has 0 aromatic carbocycles. The summed E-state index contributed by atoms with van der Waals surface area (Å²) in [5.74, 6) is -3.17.